The molecule has 76 heavy (non-hydrogen) atoms. The number of nitrogens with one attached hydrogen (secondary N) is 1. The topological polar surface area (TPSA) is 280 Å². The third-order valence-electron chi connectivity index (χ3n) is 11.3. The van der Waals surface area contributed by atoms with E-state index in [0.717, 1.165) is 0 Å². The number of fused-ring (bicyclic) bond motifs is 6. The van der Waals surface area contributed by atoms with Crippen LogP contribution in [0.5, 0.6) is 23.0 Å². The normalized spacial score (nSPS) is 14.2. The van der Waals surface area contributed by atoms with Gasteiger partial charge in [-0.2, -0.15) is 0 Å². The molecule has 0 bridgehead atoms. The molecule has 3 aliphatic heterocycles. The molecular formula is C52H68N2O22. The van der Waals surface area contributed by atoms with Crippen LogP contribution < -0.4 is 10.1 Å². The summed E-state index contributed by atoms with van der Waals surface area (Å²) in [6.07, 6.45) is 0.00720. The Morgan fingerprint density at radius 1 is 0.487 bits per heavy atom. The van der Waals surface area contributed by atoms with E-state index >= 15 is 0 Å². The van der Waals surface area contributed by atoms with Crippen LogP contribution in [0, 0.1) is 0 Å². The van der Waals surface area contributed by atoms with Gasteiger partial charge in [0.05, 0.1) is 171 Å². The highest BCUT2D eigenvalue weighted by Crippen LogP contribution is 2.57. The first kappa shape index (κ1) is 59.4. The fraction of sp³-hybridized carbons (Fsp3) is 0.558. The number of phenolic OH excluding ortho intramolecular Hbond substituents is 2. The van der Waals surface area contributed by atoms with E-state index < -0.39 is 35.3 Å². The van der Waals surface area contributed by atoms with Crippen molar-refractivity contribution in [3.63, 3.8) is 0 Å². The second kappa shape index (κ2) is 33.3. The number of imide groups is 1. The van der Waals surface area contributed by atoms with Gasteiger partial charge in [0.1, 0.15) is 23.0 Å². The van der Waals surface area contributed by atoms with Crippen molar-refractivity contribution in [3.05, 3.63) is 82.4 Å². The fourth-order valence-electron chi connectivity index (χ4n) is 7.67. The molecule has 0 unspecified atom stereocenters. The van der Waals surface area contributed by atoms with Gasteiger partial charge >= 0.3 is 11.9 Å². The van der Waals surface area contributed by atoms with Gasteiger partial charge in [0.2, 0.25) is 0 Å². The average Bonchev–Trinajstić information content (AvgIpc) is 4.12. The smallest absolute Gasteiger partial charge is 0.340 e. The van der Waals surface area contributed by atoms with Crippen molar-refractivity contribution < 1.29 is 105 Å². The van der Waals surface area contributed by atoms with Crippen LogP contribution in [0.25, 0.3) is 0 Å². The first-order valence-electron chi connectivity index (χ1n) is 25.2. The number of carbonyl (C=O) groups is 5. The molecule has 0 saturated carbocycles. The van der Waals surface area contributed by atoms with Crippen LogP contribution in [0.15, 0.2) is 54.6 Å². The van der Waals surface area contributed by atoms with Gasteiger partial charge in [0.15, 0.2) is 5.60 Å². The van der Waals surface area contributed by atoms with Gasteiger partial charge in [0.25, 0.3) is 17.7 Å². The Kier molecular flexibility index (Phi) is 26.0. The van der Waals surface area contributed by atoms with Crippen LogP contribution in [-0.2, 0) is 86.4 Å². The van der Waals surface area contributed by atoms with Gasteiger partial charge < -0.3 is 86.7 Å². The number of benzene rings is 3. The molecule has 3 aromatic rings. The van der Waals surface area contributed by atoms with Crippen LogP contribution in [-0.4, -0.2) is 210 Å². The summed E-state index contributed by atoms with van der Waals surface area (Å²) in [5, 5.41) is 23.6. The Balaban J connectivity index is 0.630. The quantitative estimate of drug-likeness (QED) is 0.0418. The van der Waals surface area contributed by atoms with Crippen molar-refractivity contribution in [2.24, 2.45) is 0 Å². The maximum absolute atomic E-state index is 13.3. The molecule has 1 saturated heterocycles. The van der Waals surface area contributed by atoms with Crippen LogP contribution in [0.4, 0.5) is 0 Å². The Hall–Kier alpha value is -5.87. The number of hydroxylamine groups is 2. The molecular weight excluding hydrogens is 1000 g/mol. The summed E-state index contributed by atoms with van der Waals surface area (Å²) in [6.45, 7) is 9.46. The van der Waals surface area contributed by atoms with Crippen molar-refractivity contribution in [3.8, 4) is 23.0 Å². The van der Waals surface area contributed by atoms with E-state index in [1.165, 1.54) is 30.3 Å². The molecule has 0 aromatic heterocycles. The summed E-state index contributed by atoms with van der Waals surface area (Å²) in [5.74, 6) is -2.33. The van der Waals surface area contributed by atoms with Crippen molar-refractivity contribution in [2.75, 3.05) is 165 Å². The van der Waals surface area contributed by atoms with E-state index in [2.05, 4.69) is 5.32 Å². The second-order valence-corrected chi connectivity index (χ2v) is 16.7. The molecule has 418 valence electrons. The largest absolute Gasteiger partial charge is 0.508 e. The van der Waals surface area contributed by atoms with Gasteiger partial charge in [-0.1, -0.05) is 6.07 Å². The number of hydrogen-bond donors (Lipinski definition) is 3. The second-order valence-electron chi connectivity index (χ2n) is 16.7. The molecule has 3 heterocycles. The minimum absolute atomic E-state index is 0.0444. The number of nitrogens with zero attached hydrogens (tertiary/aromatic N) is 1. The van der Waals surface area contributed by atoms with E-state index in [4.69, 9.17) is 71.2 Å². The number of esters is 1. The summed E-state index contributed by atoms with van der Waals surface area (Å²) in [5.41, 5.74) is 0.556. The Labute approximate surface area is 439 Å². The number of phenols is 2. The zero-order chi connectivity index (χ0) is 53.6. The maximum Gasteiger partial charge on any atom is 0.340 e. The SMILES string of the molecule is O=C(CCOCCOCCOCCOCCOCCOCCOCCOCCOCCOCCOCCOCCNC(=O)c1ccc2c(c1)C(=O)OC21c2ccc(O)cc2Oc2cc(O)ccc21)ON1C(=O)CCC1=O. The van der Waals surface area contributed by atoms with Gasteiger partial charge in [-0.05, 0) is 36.4 Å². The number of hydrogen-bond acceptors (Lipinski definition) is 22. The van der Waals surface area contributed by atoms with Crippen LogP contribution >= 0.6 is 0 Å². The number of ether oxygens (including phenoxy) is 14. The number of carbonyl (C=O) groups excluding carboxylic acids is 5. The predicted octanol–water partition coefficient (Wildman–Crippen LogP) is 2.59. The molecule has 24 nitrogen and oxygen atoms in total. The lowest BCUT2D eigenvalue weighted by molar-refractivity contribution is -0.198. The summed E-state index contributed by atoms with van der Waals surface area (Å²) < 4.78 is 77.8. The van der Waals surface area contributed by atoms with Crippen LogP contribution in [0.1, 0.15) is 56.7 Å². The van der Waals surface area contributed by atoms with E-state index in [1.807, 2.05) is 0 Å². The third kappa shape index (κ3) is 19.0. The van der Waals surface area contributed by atoms with Gasteiger partial charge in [-0.15, -0.1) is 5.06 Å². The summed E-state index contributed by atoms with van der Waals surface area (Å²) in [4.78, 5) is 65.7. The van der Waals surface area contributed by atoms with Crippen LogP contribution in [0.2, 0.25) is 0 Å². The van der Waals surface area contributed by atoms with Gasteiger partial charge in [-0.3, -0.25) is 14.4 Å². The zero-order valence-electron chi connectivity index (χ0n) is 42.5. The van der Waals surface area contributed by atoms with E-state index in [0.29, 0.717) is 160 Å². The highest BCUT2D eigenvalue weighted by atomic mass is 16.7. The molecule has 0 aliphatic carbocycles. The third-order valence-corrected chi connectivity index (χ3v) is 11.3. The maximum atomic E-state index is 13.3. The first-order chi connectivity index (χ1) is 37.2. The van der Waals surface area contributed by atoms with Crippen molar-refractivity contribution in [1.29, 1.82) is 0 Å². The van der Waals surface area contributed by atoms with Crippen molar-refractivity contribution >= 4 is 29.7 Å². The number of aromatic hydroxyl groups is 2. The molecule has 1 fully saturated rings. The van der Waals surface area contributed by atoms with Crippen LogP contribution in [0.3, 0.4) is 0 Å². The Morgan fingerprint density at radius 3 is 1.26 bits per heavy atom. The molecule has 3 aliphatic rings. The predicted molar refractivity (Wildman–Crippen MR) is 262 cm³/mol. The summed E-state index contributed by atoms with van der Waals surface area (Å²) in [7, 11) is 0. The zero-order valence-corrected chi connectivity index (χ0v) is 42.5. The lowest BCUT2D eigenvalue weighted by atomic mass is 9.77. The number of amides is 3. The van der Waals surface area contributed by atoms with Crippen molar-refractivity contribution in [2.45, 2.75) is 24.9 Å². The Bertz CT molecular complexity index is 2230. The molecule has 6 rings (SSSR count). The Morgan fingerprint density at radius 2 is 0.855 bits per heavy atom. The molecule has 24 heteroatoms. The minimum Gasteiger partial charge on any atom is -0.508 e. The average molecular weight is 1070 g/mol. The highest BCUT2D eigenvalue weighted by molar-refractivity contribution is 6.02. The van der Waals surface area contributed by atoms with Crippen molar-refractivity contribution in [1.82, 2.24) is 10.4 Å². The monoisotopic (exact) mass is 1070 g/mol. The van der Waals surface area contributed by atoms with Gasteiger partial charge in [0, 0.05) is 53.8 Å². The highest BCUT2D eigenvalue weighted by Gasteiger charge is 2.54. The molecule has 1 spiro atoms. The molecule has 0 atom stereocenters. The molecule has 3 aromatic carbocycles. The van der Waals surface area contributed by atoms with E-state index in [1.54, 1.807) is 24.3 Å². The summed E-state index contributed by atoms with van der Waals surface area (Å²) in [6, 6.07) is 13.8. The minimum atomic E-state index is -1.41. The van der Waals surface area contributed by atoms with Gasteiger partial charge in [-0.25, -0.2) is 9.59 Å². The summed E-state index contributed by atoms with van der Waals surface area (Å²) >= 11 is 0. The lowest BCUT2D eigenvalue weighted by Gasteiger charge is -2.36. The molecule has 3 amide bonds. The molecule has 0 radical (unpaired) electrons. The fourth-order valence-corrected chi connectivity index (χ4v) is 7.67. The number of rotatable bonds is 41. The van der Waals surface area contributed by atoms with E-state index in [-0.39, 0.29) is 79.8 Å². The standard InChI is InChI=1S/C52H68N2O22/c55-39-2-5-43-45(36-39)74-46-37-40(56)3-6-44(46)52(43)42-4-1-38(35-41(42)51(61)75-52)50(60)53-10-12-63-14-16-65-18-20-67-22-24-69-26-28-71-30-32-73-34-33-72-31-29-70-27-25-68-23-21-66-19-17-64-15-13-62-11-9-49(59)76-54-47(57)7-8-48(54)58/h1-6,35-37,55-56H,7-34H2,(H,53,60). The molecule has 3 N–H and O–H groups in total. The van der Waals surface area contributed by atoms with E-state index in [9.17, 15) is 34.2 Å². The first-order valence-corrected chi connectivity index (χ1v) is 25.2. The lowest BCUT2D eigenvalue weighted by Crippen LogP contribution is -2.33.